The summed E-state index contributed by atoms with van der Waals surface area (Å²) >= 11 is 0. The van der Waals surface area contributed by atoms with Crippen molar-refractivity contribution in [2.45, 2.75) is 45.1 Å². The molecule has 1 atom stereocenters. The third-order valence-electron chi connectivity index (χ3n) is 5.55. The lowest BCUT2D eigenvalue weighted by atomic mass is 9.95. The average Bonchev–Trinajstić information content (AvgIpc) is 3.21. The monoisotopic (exact) mass is 375 g/mol. The molecule has 144 valence electrons. The van der Waals surface area contributed by atoms with Crippen molar-refractivity contribution in [3.63, 3.8) is 0 Å². The molecule has 4 heteroatoms. The van der Waals surface area contributed by atoms with Crippen LogP contribution in [0.2, 0.25) is 0 Å². The van der Waals surface area contributed by atoms with E-state index in [1.54, 1.807) is 13.1 Å². The summed E-state index contributed by atoms with van der Waals surface area (Å²) in [6.07, 6.45) is 9.07. The first-order chi connectivity index (χ1) is 13.6. The Kier molecular flexibility index (Phi) is 5.29. The number of aliphatic carboxylic acids is 1. The molecule has 0 spiro atoms. The fourth-order valence-electron chi connectivity index (χ4n) is 3.91. The van der Waals surface area contributed by atoms with Crippen LogP contribution in [0.15, 0.2) is 54.9 Å². The summed E-state index contributed by atoms with van der Waals surface area (Å²) in [5.74, 6) is -0.310. The van der Waals surface area contributed by atoms with E-state index in [9.17, 15) is 9.90 Å². The van der Waals surface area contributed by atoms with Crippen molar-refractivity contribution in [2.24, 2.45) is 5.92 Å². The smallest absolute Gasteiger partial charge is 0.306 e. The zero-order valence-corrected chi connectivity index (χ0v) is 16.1. The third kappa shape index (κ3) is 4.01. The minimum atomic E-state index is -0.772. The molecule has 1 fully saturated rings. The molecule has 0 radical (unpaired) electrons. The average molecular weight is 375 g/mol. The predicted molar refractivity (Wildman–Crippen MR) is 111 cm³/mol. The number of aromatic nitrogens is 1. The van der Waals surface area contributed by atoms with E-state index < -0.39 is 11.9 Å². The lowest BCUT2D eigenvalue weighted by Gasteiger charge is -2.18. The highest BCUT2D eigenvalue weighted by molar-refractivity contribution is 5.87. The highest BCUT2D eigenvalue weighted by Crippen LogP contribution is 2.36. The van der Waals surface area contributed by atoms with E-state index in [1.807, 2.05) is 24.4 Å². The highest BCUT2D eigenvalue weighted by Gasteiger charge is 2.20. The van der Waals surface area contributed by atoms with Gasteiger partial charge in [0.25, 0.3) is 0 Å². The number of carbonyl (C=O) groups is 1. The highest BCUT2D eigenvalue weighted by atomic mass is 16.5. The predicted octanol–water partition coefficient (Wildman–Crippen LogP) is 5.49. The van der Waals surface area contributed by atoms with Crippen LogP contribution in [0.3, 0.4) is 0 Å². The van der Waals surface area contributed by atoms with Gasteiger partial charge in [0.05, 0.1) is 12.0 Å². The molecule has 1 aliphatic carbocycles. The van der Waals surface area contributed by atoms with Gasteiger partial charge in [-0.25, -0.2) is 0 Å². The summed E-state index contributed by atoms with van der Waals surface area (Å²) in [7, 11) is 0. The van der Waals surface area contributed by atoms with Crippen molar-refractivity contribution in [1.82, 2.24) is 4.98 Å². The molecule has 0 aliphatic heterocycles. The van der Waals surface area contributed by atoms with Gasteiger partial charge in [-0.1, -0.05) is 25.1 Å². The van der Waals surface area contributed by atoms with E-state index in [-0.39, 0.29) is 6.10 Å². The molecule has 4 rings (SSSR count). The van der Waals surface area contributed by atoms with Crippen LogP contribution in [0, 0.1) is 5.92 Å². The van der Waals surface area contributed by atoms with Crippen molar-refractivity contribution in [3.05, 3.63) is 60.4 Å². The van der Waals surface area contributed by atoms with E-state index in [0.717, 1.165) is 46.1 Å². The van der Waals surface area contributed by atoms with Gasteiger partial charge in [0.15, 0.2) is 0 Å². The quantitative estimate of drug-likeness (QED) is 0.619. The van der Waals surface area contributed by atoms with E-state index in [0.29, 0.717) is 6.42 Å². The molecule has 0 amide bonds. The number of carboxylic acids is 1. The van der Waals surface area contributed by atoms with E-state index >= 15 is 0 Å². The molecule has 28 heavy (non-hydrogen) atoms. The van der Waals surface area contributed by atoms with Gasteiger partial charge in [0, 0.05) is 23.3 Å². The van der Waals surface area contributed by atoms with Crippen LogP contribution in [0.4, 0.5) is 0 Å². The van der Waals surface area contributed by atoms with Crippen LogP contribution in [0.5, 0.6) is 5.75 Å². The van der Waals surface area contributed by atoms with Gasteiger partial charge in [-0.15, -0.1) is 0 Å². The number of carboxylic acid groups (broad SMARTS) is 1. The Morgan fingerprint density at radius 3 is 2.75 bits per heavy atom. The molecular formula is C24H25NO3. The zero-order chi connectivity index (χ0) is 19.5. The molecular weight excluding hydrogens is 350 g/mol. The van der Waals surface area contributed by atoms with Gasteiger partial charge in [-0.2, -0.15) is 0 Å². The molecule has 1 aliphatic rings. The molecule has 4 nitrogen and oxygen atoms in total. The normalized spacial score (nSPS) is 15.6. The molecule has 0 bridgehead atoms. The van der Waals surface area contributed by atoms with Gasteiger partial charge >= 0.3 is 5.97 Å². The third-order valence-corrected chi connectivity index (χ3v) is 5.55. The Hall–Kier alpha value is -2.88. The van der Waals surface area contributed by atoms with Gasteiger partial charge in [0.2, 0.25) is 0 Å². The second kappa shape index (κ2) is 8.01. The van der Waals surface area contributed by atoms with Crippen molar-refractivity contribution in [2.75, 3.05) is 0 Å². The Balaban J connectivity index is 1.74. The number of ether oxygens (including phenoxy) is 1. The molecule has 2 aromatic carbocycles. The fraction of sp³-hybridized carbons (Fsp3) is 0.333. The minimum absolute atomic E-state index is 0.271. The van der Waals surface area contributed by atoms with Gasteiger partial charge in [0.1, 0.15) is 5.75 Å². The first-order valence-corrected chi connectivity index (χ1v) is 9.97. The van der Waals surface area contributed by atoms with Crippen molar-refractivity contribution in [1.29, 1.82) is 0 Å². The van der Waals surface area contributed by atoms with E-state index in [4.69, 9.17) is 4.74 Å². The Labute approximate surface area is 165 Å². The number of rotatable bonds is 6. The van der Waals surface area contributed by atoms with Crippen molar-refractivity contribution in [3.8, 4) is 16.9 Å². The molecule has 3 aromatic rings. The maximum absolute atomic E-state index is 11.3. The molecule has 1 heterocycles. The van der Waals surface area contributed by atoms with Gasteiger partial charge in [-0.3, -0.25) is 9.78 Å². The zero-order valence-electron chi connectivity index (χ0n) is 16.1. The Morgan fingerprint density at radius 1 is 1.14 bits per heavy atom. The van der Waals surface area contributed by atoms with Crippen LogP contribution in [0.1, 0.15) is 38.2 Å². The first-order valence-electron chi connectivity index (χ1n) is 9.97. The summed E-state index contributed by atoms with van der Waals surface area (Å²) < 4.78 is 6.35. The molecule has 1 N–H and O–H groups in total. The summed E-state index contributed by atoms with van der Waals surface area (Å²) in [4.78, 5) is 15.5. The van der Waals surface area contributed by atoms with Crippen molar-refractivity contribution >= 4 is 16.7 Å². The lowest BCUT2D eigenvalue weighted by molar-refractivity contribution is -0.141. The van der Waals surface area contributed by atoms with Crippen LogP contribution >= 0.6 is 0 Å². The van der Waals surface area contributed by atoms with Crippen LogP contribution < -0.4 is 4.74 Å². The molecule has 1 saturated carbocycles. The standard InChI is InChI=1S/C24H25NO3/c1-16(24(26)27)12-17-6-9-23(28-21-4-2-3-5-21)22(13-17)19-7-8-20-15-25-11-10-18(20)14-19/h6-11,13-16,21H,2-5,12H2,1H3,(H,26,27). The van der Waals surface area contributed by atoms with E-state index in [2.05, 4.69) is 29.2 Å². The van der Waals surface area contributed by atoms with Crippen LogP contribution in [-0.2, 0) is 11.2 Å². The number of nitrogens with zero attached hydrogens (tertiary/aromatic N) is 1. The summed E-state index contributed by atoms with van der Waals surface area (Å²) in [5.41, 5.74) is 3.12. The van der Waals surface area contributed by atoms with Gasteiger partial charge in [-0.05, 0) is 72.9 Å². The maximum atomic E-state index is 11.3. The SMILES string of the molecule is CC(Cc1ccc(OC2CCCC2)c(-c2ccc3cnccc3c2)c1)C(=O)O. The first kappa shape index (κ1) is 18.5. The molecule has 1 aromatic heterocycles. The number of pyridine rings is 1. The number of hydrogen-bond acceptors (Lipinski definition) is 3. The summed E-state index contributed by atoms with van der Waals surface area (Å²) in [6, 6.07) is 14.4. The summed E-state index contributed by atoms with van der Waals surface area (Å²) in [6.45, 7) is 1.74. The number of hydrogen-bond donors (Lipinski definition) is 1. The lowest BCUT2D eigenvalue weighted by Crippen LogP contribution is -2.13. The second-order valence-corrected chi connectivity index (χ2v) is 7.74. The molecule has 0 saturated heterocycles. The number of benzene rings is 2. The fourth-order valence-corrected chi connectivity index (χ4v) is 3.91. The largest absolute Gasteiger partial charge is 0.490 e. The van der Waals surface area contributed by atoms with Gasteiger partial charge < -0.3 is 9.84 Å². The minimum Gasteiger partial charge on any atom is -0.490 e. The Bertz CT molecular complexity index is 992. The number of fused-ring (bicyclic) bond motifs is 1. The Morgan fingerprint density at radius 2 is 1.96 bits per heavy atom. The van der Waals surface area contributed by atoms with E-state index in [1.165, 1.54) is 12.8 Å². The van der Waals surface area contributed by atoms with Crippen molar-refractivity contribution < 1.29 is 14.6 Å². The molecule has 1 unspecified atom stereocenters. The second-order valence-electron chi connectivity index (χ2n) is 7.74. The van der Waals surface area contributed by atoms with Crippen LogP contribution in [0.25, 0.3) is 21.9 Å². The topological polar surface area (TPSA) is 59.4 Å². The van der Waals surface area contributed by atoms with Crippen LogP contribution in [-0.4, -0.2) is 22.2 Å². The summed E-state index contributed by atoms with van der Waals surface area (Å²) in [5, 5.41) is 11.5. The maximum Gasteiger partial charge on any atom is 0.306 e.